The highest BCUT2D eigenvalue weighted by atomic mass is 32.2. The zero-order chi connectivity index (χ0) is 15.6. The first-order valence-electron chi connectivity index (χ1n) is 7.14. The molecular formula is C15H20FNO3S. The summed E-state index contributed by atoms with van der Waals surface area (Å²) in [5.41, 5.74) is 0.267. The number of carbonyl (C=O) groups is 1. The van der Waals surface area contributed by atoms with Gasteiger partial charge in [0.2, 0.25) is 10.0 Å². The van der Waals surface area contributed by atoms with Crippen LogP contribution in [0, 0.1) is 17.7 Å². The summed E-state index contributed by atoms with van der Waals surface area (Å²) in [6, 6.07) is 3.55. The first-order valence-corrected chi connectivity index (χ1v) is 8.63. The van der Waals surface area contributed by atoms with E-state index in [1.807, 2.05) is 13.8 Å². The van der Waals surface area contributed by atoms with Crippen LogP contribution in [0.1, 0.15) is 43.5 Å². The van der Waals surface area contributed by atoms with E-state index in [1.165, 1.54) is 6.07 Å². The van der Waals surface area contributed by atoms with E-state index in [9.17, 15) is 17.6 Å². The van der Waals surface area contributed by atoms with Crippen molar-refractivity contribution in [3.8, 4) is 0 Å². The van der Waals surface area contributed by atoms with E-state index in [0.717, 1.165) is 25.0 Å². The number of sulfonamides is 1. The van der Waals surface area contributed by atoms with Gasteiger partial charge in [-0.1, -0.05) is 13.8 Å². The maximum absolute atomic E-state index is 13.8. The SMILES string of the molecule is CC(C)CCNS(=O)(=O)c1cc(C(=O)C2CC2)ccc1F. The van der Waals surface area contributed by atoms with Gasteiger partial charge in [-0.3, -0.25) is 4.79 Å². The molecule has 0 heterocycles. The Morgan fingerprint density at radius 3 is 2.62 bits per heavy atom. The maximum atomic E-state index is 13.8. The predicted molar refractivity (Wildman–Crippen MR) is 78.1 cm³/mol. The molecule has 0 spiro atoms. The van der Waals surface area contributed by atoms with Crippen molar-refractivity contribution in [2.24, 2.45) is 11.8 Å². The van der Waals surface area contributed by atoms with Gasteiger partial charge in [0.05, 0.1) is 0 Å². The molecule has 1 N–H and O–H groups in total. The Kier molecular flexibility index (Phi) is 4.78. The molecule has 6 heteroatoms. The molecule has 4 nitrogen and oxygen atoms in total. The van der Waals surface area contributed by atoms with E-state index in [4.69, 9.17) is 0 Å². The summed E-state index contributed by atoms with van der Waals surface area (Å²) in [4.78, 5) is 11.5. The second-order valence-corrected chi connectivity index (χ2v) is 7.60. The monoisotopic (exact) mass is 313 g/mol. The summed E-state index contributed by atoms with van der Waals surface area (Å²) in [7, 11) is -3.93. The van der Waals surface area contributed by atoms with E-state index in [0.29, 0.717) is 12.3 Å². The lowest BCUT2D eigenvalue weighted by Gasteiger charge is -2.10. The highest BCUT2D eigenvalue weighted by molar-refractivity contribution is 7.89. The quantitative estimate of drug-likeness (QED) is 0.787. The van der Waals surface area contributed by atoms with Crippen molar-refractivity contribution < 1.29 is 17.6 Å². The van der Waals surface area contributed by atoms with Gasteiger partial charge in [0.25, 0.3) is 0 Å². The van der Waals surface area contributed by atoms with E-state index < -0.39 is 20.7 Å². The highest BCUT2D eigenvalue weighted by Crippen LogP contribution is 2.33. The molecule has 0 unspecified atom stereocenters. The Balaban J connectivity index is 2.20. The third-order valence-corrected chi connectivity index (χ3v) is 4.94. The number of nitrogens with one attached hydrogen (secondary N) is 1. The minimum Gasteiger partial charge on any atom is -0.294 e. The third kappa shape index (κ3) is 4.11. The van der Waals surface area contributed by atoms with Gasteiger partial charge in [-0.05, 0) is 43.4 Å². The Morgan fingerprint density at radius 2 is 2.05 bits per heavy atom. The fourth-order valence-corrected chi connectivity index (χ4v) is 3.15. The van der Waals surface area contributed by atoms with Crippen molar-refractivity contribution in [2.75, 3.05) is 6.54 Å². The van der Waals surface area contributed by atoms with Gasteiger partial charge in [-0.2, -0.15) is 0 Å². The fraction of sp³-hybridized carbons (Fsp3) is 0.533. The first-order chi connectivity index (χ1) is 9.81. The van der Waals surface area contributed by atoms with Crippen LogP contribution < -0.4 is 4.72 Å². The van der Waals surface area contributed by atoms with Crippen molar-refractivity contribution in [1.29, 1.82) is 0 Å². The second-order valence-electron chi connectivity index (χ2n) is 5.86. The topological polar surface area (TPSA) is 63.2 Å². The zero-order valence-electron chi connectivity index (χ0n) is 12.2. The molecule has 1 aromatic carbocycles. The summed E-state index contributed by atoms with van der Waals surface area (Å²) in [6.45, 7) is 4.20. The van der Waals surface area contributed by atoms with Crippen LogP contribution in [0.5, 0.6) is 0 Å². The van der Waals surface area contributed by atoms with Crippen molar-refractivity contribution in [2.45, 2.75) is 38.0 Å². The smallest absolute Gasteiger partial charge is 0.243 e. The van der Waals surface area contributed by atoms with Crippen molar-refractivity contribution in [3.63, 3.8) is 0 Å². The summed E-state index contributed by atoms with van der Waals surface area (Å²) < 4.78 is 40.4. The summed E-state index contributed by atoms with van der Waals surface area (Å²) >= 11 is 0. The molecule has 1 saturated carbocycles. The van der Waals surface area contributed by atoms with Crippen LogP contribution in [-0.2, 0) is 10.0 Å². The van der Waals surface area contributed by atoms with Crippen LogP contribution >= 0.6 is 0 Å². The fourth-order valence-electron chi connectivity index (χ4n) is 2.00. The molecular weight excluding hydrogens is 293 g/mol. The largest absolute Gasteiger partial charge is 0.294 e. The minimum atomic E-state index is -3.93. The Bertz CT molecular complexity index is 636. The van der Waals surface area contributed by atoms with E-state index >= 15 is 0 Å². The molecule has 0 amide bonds. The number of Topliss-reactive ketones (excluding diaryl/α,β-unsaturated/α-hetero) is 1. The molecule has 2 rings (SSSR count). The van der Waals surface area contributed by atoms with Gasteiger partial charge < -0.3 is 0 Å². The molecule has 21 heavy (non-hydrogen) atoms. The van der Waals surface area contributed by atoms with Crippen LogP contribution in [0.25, 0.3) is 0 Å². The highest BCUT2D eigenvalue weighted by Gasteiger charge is 2.31. The van der Waals surface area contributed by atoms with E-state index in [2.05, 4.69) is 4.72 Å². The molecule has 0 bridgehead atoms. The number of halogens is 1. The van der Waals surface area contributed by atoms with Crippen LogP contribution in [0.3, 0.4) is 0 Å². The molecule has 1 aliphatic rings. The van der Waals surface area contributed by atoms with Gasteiger partial charge in [0.15, 0.2) is 5.78 Å². The Morgan fingerprint density at radius 1 is 1.38 bits per heavy atom. The number of rotatable bonds is 7. The van der Waals surface area contributed by atoms with Crippen LogP contribution in [0.15, 0.2) is 23.1 Å². The van der Waals surface area contributed by atoms with Gasteiger partial charge in [0.1, 0.15) is 10.7 Å². The van der Waals surface area contributed by atoms with Gasteiger partial charge in [-0.15, -0.1) is 0 Å². The predicted octanol–water partition coefficient (Wildman–Crippen LogP) is 2.74. The van der Waals surface area contributed by atoms with Gasteiger partial charge in [-0.25, -0.2) is 17.5 Å². The van der Waals surface area contributed by atoms with Gasteiger partial charge in [0, 0.05) is 18.0 Å². The Hall–Kier alpha value is -1.27. The summed E-state index contributed by atoms with van der Waals surface area (Å²) in [5, 5.41) is 0. The van der Waals surface area contributed by atoms with Crippen LogP contribution in [-0.4, -0.2) is 20.7 Å². The molecule has 0 radical (unpaired) electrons. The standard InChI is InChI=1S/C15H20FNO3S/c1-10(2)7-8-17-21(19,20)14-9-12(5-6-13(14)16)15(18)11-3-4-11/h5-6,9-11,17H,3-4,7-8H2,1-2H3. The number of hydrogen-bond donors (Lipinski definition) is 1. The average molecular weight is 313 g/mol. The van der Waals surface area contributed by atoms with Crippen LogP contribution in [0.4, 0.5) is 4.39 Å². The Labute approximate surface area is 124 Å². The van der Waals surface area contributed by atoms with E-state index in [1.54, 1.807) is 0 Å². The normalized spacial score (nSPS) is 15.4. The lowest BCUT2D eigenvalue weighted by molar-refractivity contribution is 0.0967. The molecule has 0 atom stereocenters. The number of hydrogen-bond acceptors (Lipinski definition) is 3. The lowest BCUT2D eigenvalue weighted by Crippen LogP contribution is -2.26. The number of carbonyl (C=O) groups excluding carboxylic acids is 1. The van der Waals surface area contributed by atoms with Crippen LogP contribution in [0.2, 0.25) is 0 Å². The zero-order valence-corrected chi connectivity index (χ0v) is 13.0. The molecule has 116 valence electrons. The number of ketones is 1. The first kappa shape index (κ1) is 16.1. The molecule has 0 aromatic heterocycles. The van der Waals surface area contributed by atoms with Crippen molar-refractivity contribution in [3.05, 3.63) is 29.6 Å². The van der Waals surface area contributed by atoms with Crippen molar-refractivity contribution >= 4 is 15.8 Å². The second kappa shape index (κ2) is 6.23. The molecule has 1 fully saturated rings. The third-order valence-electron chi connectivity index (χ3n) is 3.47. The molecule has 1 aromatic rings. The summed E-state index contributed by atoms with van der Waals surface area (Å²) in [6.07, 6.45) is 2.32. The maximum Gasteiger partial charge on any atom is 0.243 e. The van der Waals surface area contributed by atoms with E-state index in [-0.39, 0.29) is 23.8 Å². The van der Waals surface area contributed by atoms with Gasteiger partial charge >= 0.3 is 0 Å². The number of benzene rings is 1. The molecule has 1 aliphatic carbocycles. The minimum absolute atomic E-state index is 0.0279. The molecule has 0 saturated heterocycles. The summed E-state index contributed by atoms with van der Waals surface area (Å²) in [5.74, 6) is -0.617. The lowest BCUT2D eigenvalue weighted by atomic mass is 10.1. The van der Waals surface area contributed by atoms with Crippen molar-refractivity contribution in [1.82, 2.24) is 4.72 Å². The molecule has 0 aliphatic heterocycles. The average Bonchev–Trinajstić information content (AvgIpc) is 3.21.